The van der Waals surface area contributed by atoms with Crippen molar-refractivity contribution < 1.29 is 9.84 Å². The lowest BCUT2D eigenvalue weighted by molar-refractivity contribution is 0.117. The van der Waals surface area contributed by atoms with Gasteiger partial charge in [-0.1, -0.05) is 68.7 Å². The van der Waals surface area contributed by atoms with E-state index in [2.05, 4.69) is 36.1 Å². The monoisotopic (exact) mass is 381 g/mol. The highest BCUT2D eigenvalue weighted by molar-refractivity contribution is 5.32. The van der Waals surface area contributed by atoms with Gasteiger partial charge in [-0.15, -0.1) is 0 Å². The molecule has 1 heterocycles. The zero-order chi connectivity index (χ0) is 19.6. The Morgan fingerprint density at radius 2 is 1.57 bits per heavy atom. The van der Waals surface area contributed by atoms with Crippen LogP contribution in [0.2, 0.25) is 0 Å². The highest BCUT2D eigenvalue weighted by Gasteiger charge is 2.25. The summed E-state index contributed by atoms with van der Waals surface area (Å²) in [5, 5.41) is 11.3. The standard InChI is InChI=1S/C25H35NO2/c1-2-3-19-28-23-15-13-22(14-16-23)25(27)24(21-11-7-6-8-12-21)20-26-17-9-4-5-10-18-26/h6-8,11-16,24-25,27H,2-5,9-10,17-20H2,1H3. The van der Waals surface area contributed by atoms with Gasteiger partial charge >= 0.3 is 0 Å². The van der Waals surface area contributed by atoms with Crippen LogP contribution in [0.4, 0.5) is 0 Å². The van der Waals surface area contributed by atoms with Gasteiger partial charge in [0.1, 0.15) is 5.75 Å². The molecule has 0 bridgehead atoms. The van der Waals surface area contributed by atoms with E-state index >= 15 is 0 Å². The average molecular weight is 382 g/mol. The van der Waals surface area contributed by atoms with Crippen LogP contribution >= 0.6 is 0 Å². The second-order valence-corrected chi connectivity index (χ2v) is 7.95. The molecule has 3 nitrogen and oxygen atoms in total. The Hall–Kier alpha value is -1.84. The molecule has 0 aromatic heterocycles. The Kier molecular flexibility index (Phi) is 8.38. The lowest BCUT2D eigenvalue weighted by Crippen LogP contribution is -2.32. The summed E-state index contributed by atoms with van der Waals surface area (Å²) in [5.41, 5.74) is 2.18. The topological polar surface area (TPSA) is 32.7 Å². The van der Waals surface area contributed by atoms with Crippen molar-refractivity contribution in [2.45, 2.75) is 57.5 Å². The van der Waals surface area contributed by atoms with Gasteiger partial charge in [0.15, 0.2) is 0 Å². The molecular formula is C25H35NO2. The molecule has 1 aliphatic heterocycles. The molecule has 152 valence electrons. The highest BCUT2D eigenvalue weighted by Crippen LogP contribution is 2.33. The SMILES string of the molecule is CCCCOc1ccc(C(O)C(CN2CCCCCC2)c2ccccc2)cc1. The fourth-order valence-electron chi connectivity index (χ4n) is 4.01. The molecule has 1 N–H and O–H groups in total. The maximum atomic E-state index is 11.3. The van der Waals surface area contributed by atoms with Crippen LogP contribution in [0.25, 0.3) is 0 Å². The molecule has 0 radical (unpaired) electrons. The van der Waals surface area contributed by atoms with Gasteiger partial charge in [0.2, 0.25) is 0 Å². The van der Waals surface area contributed by atoms with Crippen LogP contribution in [0.1, 0.15) is 68.6 Å². The summed E-state index contributed by atoms with van der Waals surface area (Å²) < 4.78 is 5.77. The summed E-state index contributed by atoms with van der Waals surface area (Å²) in [7, 11) is 0. The number of hydrogen-bond acceptors (Lipinski definition) is 3. The van der Waals surface area contributed by atoms with Crippen molar-refractivity contribution in [3.63, 3.8) is 0 Å². The van der Waals surface area contributed by atoms with Crippen LogP contribution in [-0.2, 0) is 0 Å². The van der Waals surface area contributed by atoms with Crippen molar-refractivity contribution in [2.75, 3.05) is 26.2 Å². The molecule has 1 saturated heterocycles. The van der Waals surface area contributed by atoms with Crippen molar-refractivity contribution in [1.29, 1.82) is 0 Å². The first-order valence-corrected chi connectivity index (χ1v) is 11.0. The van der Waals surface area contributed by atoms with E-state index in [1.54, 1.807) is 0 Å². The second kappa shape index (κ2) is 11.2. The van der Waals surface area contributed by atoms with E-state index in [-0.39, 0.29) is 5.92 Å². The third-order valence-corrected chi connectivity index (χ3v) is 5.75. The van der Waals surface area contributed by atoms with Gasteiger partial charge in [0.25, 0.3) is 0 Å². The van der Waals surface area contributed by atoms with Gasteiger partial charge in [0, 0.05) is 12.5 Å². The van der Waals surface area contributed by atoms with Crippen molar-refractivity contribution in [2.24, 2.45) is 0 Å². The first-order chi connectivity index (χ1) is 13.8. The molecule has 0 saturated carbocycles. The zero-order valence-electron chi connectivity index (χ0n) is 17.2. The lowest BCUT2D eigenvalue weighted by Gasteiger charge is -2.30. The number of likely N-dealkylation sites (tertiary alicyclic amines) is 1. The molecule has 0 aliphatic carbocycles. The fourth-order valence-corrected chi connectivity index (χ4v) is 4.01. The number of nitrogens with zero attached hydrogens (tertiary/aromatic N) is 1. The van der Waals surface area contributed by atoms with Gasteiger partial charge < -0.3 is 14.7 Å². The van der Waals surface area contributed by atoms with E-state index in [4.69, 9.17) is 4.74 Å². The molecule has 3 rings (SSSR count). The summed E-state index contributed by atoms with van der Waals surface area (Å²) in [5.74, 6) is 0.958. The van der Waals surface area contributed by atoms with Crippen molar-refractivity contribution in [1.82, 2.24) is 4.90 Å². The third kappa shape index (κ3) is 6.08. The Labute approximate surface area is 170 Å². The quantitative estimate of drug-likeness (QED) is 0.577. The summed E-state index contributed by atoms with van der Waals surface area (Å²) >= 11 is 0. The van der Waals surface area contributed by atoms with E-state index in [1.165, 1.54) is 31.2 Å². The van der Waals surface area contributed by atoms with Crippen LogP contribution in [0.5, 0.6) is 5.75 Å². The lowest BCUT2D eigenvalue weighted by atomic mass is 9.88. The first kappa shape index (κ1) is 20.9. The van der Waals surface area contributed by atoms with E-state index in [0.717, 1.165) is 50.4 Å². The van der Waals surface area contributed by atoms with Crippen LogP contribution in [0.15, 0.2) is 54.6 Å². The normalized spacial score (nSPS) is 17.6. The van der Waals surface area contributed by atoms with Crippen LogP contribution < -0.4 is 4.74 Å². The molecule has 2 atom stereocenters. The van der Waals surface area contributed by atoms with Crippen molar-refractivity contribution >= 4 is 0 Å². The van der Waals surface area contributed by atoms with Crippen molar-refractivity contribution in [3.05, 3.63) is 65.7 Å². The van der Waals surface area contributed by atoms with Gasteiger partial charge in [-0.3, -0.25) is 0 Å². The summed E-state index contributed by atoms with van der Waals surface area (Å²) in [6, 6.07) is 18.5. The van der Waals surface area contributed by atoms with Crippen LogP contribution in [0, 0.1) is 0 Å². The molecule has 2 unspecified atom stereocenters. The number of hydrogen-bond donors (Lipinski definition) is 1. The van der Waals surface area contributed by atoms with E-state index in [0.29, 0.717) is 0 Å². The molecule has 2 aromatic carbocycles. The number of benzene rings is 2. The van der Waals surface area contributed by atoms with Gasteiger partial charge in [-0.05, 0) is 55.6 Å². The number of unbranched alkanes of at least 4 members (excludes halogenated alkanes) is 1. The van der Waals surface area contributed by atoms with Crippen molar-refractivity contribution in [3.8, 4) is 5.75 Å². The number of aliphatic hydroxyl groups excluding tert-OH is 1. The number of aliphatic hydroxyl groups is 1. The predicted octanol–water partition coefficient (Wildman–Crippen LogP) is 5.56. The van der Waals surface area contributed by atoms with Crippen LogP contribution in [-0.4, -0.2) is 36.2 Å². The molecular weight excluding hydrogens is 346 g/mol. The summed E-state index contributed by atoms with van der Waals surface area (Å²) in [6.45, 7) is 6.09. The Balaban J connectivity index is 1.73. The smallest absolute Gasteiger partial charge is 0.119 e. The van der Waals surface area contributed by atoms with E-state index in [9.17, 15) is 5.11 Å². The molecule has 1 fully saturated rings. The maximum Gasteiger partial charge on any atom is 0.119 e. The number of rotatable bonds is 9. The van der Waals surface area contributed by atoms with E-state index < -0.39 is 6.10 Å². The number of ether oxygens (including phenoxy) is 1. The maximum absolute atomic E-state index is 11.3. The molecule has 0 spiro atoms. The molecule has 28 heavy (non-hydrogen) atoms. The Morgan fingerprint density at radius 1 is 0.893 bits per heavy atom. The molecule has 2 aromatic rings. The third-order valence-electron chi connectivity index (χ3n) is 5.75. The molecule has 3 heteroatoms. The average Bonchev–Trinajstić information content (AvgIpc) is 3.02. The minimum atomic E-state index is -0.518. The molecule has 0 amide bonds. The zero-order valence-corrected chi connectivity index (χ0v) is 17.2. The predicted molar refractivity (Wildman–Crippen MR) is 116 cm³/mol. The van der Waals surface area contributed by atoms with Gasteiger partial charge in [0.05, 0.1) is 12.7 Å². The van der Waals surface area contributed by atoms with Gasteiger partial charge in [-0.2, -0.15) is 0 Å². The molecule has 1 aliphatic rings. The summed E-state index contributed by atoms with van der Waals surface area (Å²) in [4.78, 5) is 2.54. The van der Waals surface area contributed by atoms with E-state index in [1.807, 2.05) is 30.3 Å². The highest BCUT2D eigenvalue weighted by atomic mass is 16.5. The fraction of sp³-hybridized carbons (Fsp3) is 0.520. The Bertz CT molecular complexity index is 663. The minimum Gasteiger partial charge on any atom is -0.494 e. The first-order valence-electron chi connectivity index (χ1n) is 11.0. The van der Waals surface area contributed by atoms with Gasteiger partial charge in [-0.25, -0.2) is 0 Å². The Morgan fingerprint density at radius 3 is 2.21 bits per heavy atom. The largest absolute Gasteiger partial charge is 0.494 e. The van der Waals surface area contributed by atoms with Crippen LogP contribution in [0.3, 0.4) is 0 Å². The second-order valence-electron chi connectivity index (χ2n) is 7.95. The minimum absolute atomic E-state index is 0.0751. The summed E-state index contributed by atoms with van der Waals surface area (Å²) in [6.07, 6.45) is 6.86.